The average Bonchev–Trinajstić information content (AvgIpc) is 2.46. The predicted molar refractivity (Wildman–Crippen MR) is 76.9 cm³/mol. The quantitative estimate of drug-likeness (QED) is 0.464. The summed E-state index contributed by atoms with van der Waals surface area (Å²) in [6, 6.07) is 8.41. The fourth-order valence-electron chi connectivity index (χ4n) is 1.66. The molecule has 0 bridgehead atoms. The SMILES string of the molecule is O=Cc1cc(OCc2ccc([N+](=O)[O-])c(F)c2)ccc1Br. The maximum atomic E-state index is 13.4. The normalized spacial score (nSPS) is 10.2. The summed E-state index contributed by atoms with van der Waals surface area (Å²) in [7, 11) is 0. The van der Waals surface area contributed by atoms with E-state index in [0.29, 0.717) is 27.6 Å². The van der Waals surface area contributed by atoms with E-state index in [0.717, 1.165) is 12.1 Å². The first kappa shape index (κ1) is 15.1. The lowest BCUT2D eigenvalue weighted by Crippen LogP contribution is -1.99. The number of carbonyl (C=O) groups excluding carboxylic acids is 1. The van der Waals surface area contributed by atoms with E-state index in [4.69, 9.17) is 4.74 Å². The van der Waals surface area contributed by atoms with Crippen LogP contribution in [0.2, 0.25) is 0 Å². The number of hydrogen-bond acceptors (Lipinski definition) is 4. The van der Waals surface area contributed by atoms with Gasteiger partial charge in [-0.2, -0.15) is 4.39 Å². The summed E-state index contributed by atoms with van der Waals surface area (Å²) in [5.41, 5.74) is 0.307. The van der Waals surface area contributed by atoms with E-state index in [9.17, 15) is 19.3 Å². The van der Waals surface area contributed by atoms with E-state index in [-0.39, 0.29) is 6.61 Å². The zero-order valence-corrected chi connectivity index (χ0v) is 12.2. The molecule has 0 heterocycles. The van der Waals surface area contributed by atoms with E-state index in [2.05, 4.69) is 15.9 Å². The molecule has 0 aliphatic carbocycles. The number of nitro groups is 1. The predicted octanol–water partition coefficient (Wildman–Crippen LogP) is 3.89. The average molecular weight is 354 g/mol. The molecule has 0 fully saturated rings. The number of benzene rings is 2. The Balaban J connectivity index is 2.11. The summed E-state index contributed by atoms with van der Waals surface area (Å²) in [5, 5.41) is 10.5. The van der Waals surface area contributed by atoms with E-state index < -0.39 is 16.4 Å². The molecule has 2 rings (SSSR count). The van der Waals surface area contributed by atoms with Crippen molar-refractivity contribution in [2.75, 3.05) is 0 Å². The Morgan fingerprint density at radius 3 is 2.67 bits per heavy atom. The second-order valence-corrected chi connectivity index (χ2v) is 4.99. The summed E-state index contributed by atoms with van der Waals surface area (Å²) < 4.78 is 19.5. The highest BCUT2D eigenvalue weighted by atomic mass is 79.9. The zero-order valence-electron chi connectivity index (χ0n) is 10.6. The second kappa shape index (κ2) is 6.45. The Morgan fingerprint density at radius 1 is 1.29 bits per heavy atom. The van der Waals surface area contributed by atoms with Gasteiger partial charge in [0.2, 0.25) is 5.82 Å². The lowest BCUT2D eigenvalue weighted by atomic mass is 10.2. The maximum absolute atomic E-state index is 13.4. The molecule has 2 aromatic rings. The Labute approximate surface area is 127 Å². The van der Waals surface area contributed by atoms with Crippen molar-refractivity contribution in [3.05, 3.63) is 67.9 Å². The third kappa shape index (κ3) is 3.63. The molecule has 5 nitrogen and oxygen atoms in total. The minimum absolute atomic E-state index is 0.0366. The van der Waals surface area contributed by atoms with Crippen LogP contribution in [0.4, 0.5) is 10.1 Å². The van der Waals surface area contributed by atoms with Gasteiger partial charge in [0.15, 0.2) is 6.29 Å². The van der Waals surface area contributed by atoms with Crippen molar-refractivity contribution >= 4 is 27.9 Å². The molecule has 0 aliphatic rings. The molecule has 2 aromatic carbocycles. The highest BCUT2D eigenvalue weighted by Gasteiger charge is 2.13. The van der Waals surface area contributed by atoms with Crippen molar-refractivity contribution in [2.24, 2.45) is 0 Å². The minimum atomic E-state index is -0.912. The number of rotatable bonds is 5. The monoisotopic (exact) mass is 353 g/mol. The van der Waals surface area contributed by atoms with Crippen LogP contribution in [0.3, 0.4) is 0 Å². The summed E-state index contributed by atoms with van der Waals surface area (Å²) in [6.07, 6.45) is 0.683. The van der Waals surface area contributed by atoms with E-state index in [1.54, 1.807) is 18.2 Å². The number of ether oxygens (including phenoxy) is 1. The van der Waals surface area contributed by atoms with Crippen LogP contribution in [-0.4, -0.2) is 11.2 Å². The van der Waals surface area contributed by atoms with Gasteiger partial charge in [-0.3, -0.25) is 14.9 Å². The highest BCUT2D eigenvalue weighted by Crippen LogP contribution is 2.23. The van der Waals surface area contributed by atoms with Gasteiger partial charge in [-0.15, -0.1) is 0 Å². The molecule has 0 N–H and O–H groups in total. The molecule has 0 amide bonds. The molecule has 0 aromatic heterocycles. The van der Waals surface area contributed by atoms with Crippen molar-refractivity contribution in [2.45, 2.75) is 6.61 Å². The van der Waals surface area contributed by atoms with Crippen LogP contribution in [0.1, 0.15) is 15.9 Å². The highest BCUT2D eigenvalue weighted by molar-refractivity contribution is 9.10. The standard InChI is InChI=1S/C14H9BrFNO4/c15-12-3-2-11(6-10(12)7-18)21-8-9-1-4-14(17(19)20)13(16)5-9/h1-7H,8H2. The van der Waals surface area contributed by atoms with Crippen molar-refractivity contribution in [1.82, 2.24) is 0 Å². The van der Waals surface area contributed by atoms with Crippen molar-refractivity contribution < 1.29 is 18.8 Å². The number of hydrogen-bond donors (Lipinski definition) is 0. The maximum Gasteiger partial charge on any atom is 0.304 e. The van der Waals surface area contributed by atoms with E-state index >= 15 is 0 Å². The second-order valence-electron chi connectivity index (χ2n) is 4.13. The van der Waals surface area contributed by atoms with Gasteiger partial charge in [-0.25, -0.2) is 0 Å². The number of nitrogens with zero attached hydrogens (tertiary/aromatic N) is 1. The Hall–Kier alpha value is -2.28. The smallest absolute Gasteiger partial charge is 0.304 e. The zero-order chi connectivity index (χ0) is 15.4. The Bertz CT molecular complexity index is 705. The van der Waals surface area contributed by atoms with Crippen LogP contribution >= 0.6 is 15.9 Å². The van der Waals surface area contributed by atoms with Crippen LogP contribution in [0.5, 0.6) is 5.75 Å². The van der Waals surface area contributed by atoms with Crippen LogP contribution in [0.15, 0.2) is 40.9 Å². The first-order chi connectivity index (χ1) is 10.0. The fraction of sp³-hybridized carbons (Fsp3) is 0.0714. The van der Waals surface area contributed by atoms with Gasteiger partial charge >= 0.3 is 5.69 Å². The molecular formula is C14H9BrFNO4. The number of nitro benzene ring substituents is 1. The van der Waals surface area contributed by atoms with Crippen LogP contribution in [-0.2, 0) is 6.61 Å². The molecule has 0 unspecified atom stereocenters. The molecule has 0 radical (unpaired) electrons. The van der Waals surface area contributed by atoms with Crippen LogP contribution in [0, 0.1) is 15.9 Å². The van der Waals surface area contributed by atoms with Crippen LogP contribution in [0.25, 0.3) is 0 Å². The molecule has 21 heavy (non-hydrogen) atoms. The van der Waals surface area contributed by atoms with Crippen molar-refractivity contribution in [3.8, 4) is 5.75 Å². The molecular weight excluding hydrogens is 345 g/mol. The van der Waals surface area contributed by atoms with Gasteiger partial charge in [-0.1, -0.05) is 15.9 Å². The third-order valence-electron chi connectivity index (χ3n) is 2.71. The number of halogens is 2. The largest absolute Gasteiger partial charge is 0.489 e. The number of carbonyl (C=O) groups is 1. The van der Waals surface area contributed by atoms with E-state index in [1.807, 2.05) is 0 Å². The molecule has 0 atom stereocenters. The minimum Gasteiger partial charge on any atom is -0.489 e. The third-order valence-corrected chi connectivity index (χ3v) is 3.43. The summed E-state index contributed by atoms with van der Waals surface area (Å²) >= 11 is 3.22. The van der Waals surface area contributed by atoms with Gasteiger partial charge in [0.1, 0.15) is 12.4 Å². The Morgan fingerprint density at radius 2 is 2.05 bits per heavy atom. The van der Waals surface area contributed by atoms with Gasteiger partial charge in [0, 0.05) is 16.1 Å². The molecule has 0 aliphatic heterocycles. The fourth-order valence-corrected chi connectivity index (χ4v) is 2.00. The van der Waals surface area contributed by atoms with Gasteiger partial charge < -0.3 is 4.74 Å². The molecule has 0 saturated carbocycles. The molecule has 108 valence electrons. The van der Waals surface area contributed by atoms with Crippen molar-refractivity contribution in [1.29, 1.82) is 0 Å². The van der Waals surface area contributed by atoms with Gasteiger partial charge in [0.25, 0.3) is 0 Å². The van der Waals surface area contributed by atoms with Gasteiger partial charge in [0.05, 0.1) is 4.92 Å². The van der Waals surface area contributed by atoms with E-state index in [1.165, 1.54) is 6.07 Å². The first-order valence-electron chi connectivity index (χ1n) is 5.81. The lowest BCUT2D eigenvalue weighted by Gasteiger charge is -2.07. The molecule has 0 saturated heterocycles. The Kier molecular flexibility index (Phi) is 4.64. The van der Waals surface area contributed by atoms with Crippen LogP contribution < -0.4 is 4.74 Å². The summed E-state index contributed by atoms with van der Waals surface area (Å²) in [6.45, 7) is 0.0366. The topological polar surface area (TPSA) is 69.4 Å². The molecule has 0 spiro atoms. The van der Waals surface area contributed by atoms with Gasteiger partial charge in [-0.05, 0) is 35.9 Å². The summed E-state index contributed by atoms with van der Waals surface area (Å²) in [4.78, 5) is 20.5. The molecule has 7 heteroatoms. The summed E-state index contributed by atoms with van der Waals surface area (Å²) in [5.74, 6) is -0.468. The lowest BCUT2D eigenvalue weighted by molar-refractivity contribution is -0.387. The first-order valence-corrected chi connectivity index (χ1v) is 6.61. The number of aldehydes is 1. The van der Waals surface area contributed by atoms with Crippen molar-refractivity contribution in [3.63, 3.8) is 0 Å².